The Morgan fingerprint density at radius 1 is 1.33 bits per heavy atom. The summed E-state index contributed by atoms with van der Waals surface area (Å²) in [6.45, 7) is 6.26. The van der Waals surface area contributed by atoms with Gasteiger partial charge in [-0.1, -0.05) is 0 Å². The molecule has 1 aliphatic heterocycles. The monoisotopic (exact) mass is 332 g/mol. The van der Waals surface area contributed by atoms with Crippen LogP contribution < -0.4 is 0 Å². The minimum Gasteiger partial charge on any atom is -0.442 e. The van der Waals surface area contributed by atoms with Crippen LogP contribution in [0, 0.1) is 0 Å². The fourth-order valence-corrected chi connectivity index (χ4v) is 1.80. The molecule has 0 bridgehead atoms. The molecule has 1 unspecified atom stereocenters. The van der Waals surface area contributed by atoms with Crippen LogP contribution in [0.15, 0.2) is 5.10 Å². The van der Waals surface area contributed by atoms with E-state index in [4.69, 9.17) is 4.74 Å². The third-order valence-corrected chi connectivity index (χ3v) is 3.16. The third kappa shape index (κ3) is 4.48. The second kappa shape index (κ2) is 5.35. The molecule has 21 heavy (non-hydrogen) atoms. The molecule has 0 fully saturated rings. The van der Waals surface area contributed by atoms with Gasteiger partial charge in [0.25, 0.3) is 0 Å². The van der Waals surface area contributed by atoms with Crippen molar-refractivity contribution >= 4 is 22.1 Å². The maximum atomic E-state index is 12.2. The lowest BCUT2D eigenvalue weighted by Crippen LogP contribution is -2.36. The standard InChI is InChI=1S/C10H15F3N2O5S/c1-6-5-7(20-21(17,18)10(11,12)13)14-15(6)8(16)19-9(2,3)4/h6H,5H2,1-4H3. The van der Waals surface area contributed by atoms with Crippen LogP contribution in [0.2, 0.25) is 0 Å². The molecule has 0 aliphatic carbocycles. The molecule has 1 rings (SSSR count). The summed E-state index contributed by atoms with van der Waals surface area (Å²) >= 11 is 0. The Hall–Kier alpha value is -1.52. The molecule has 11 heteroatoms. The molecule has 1 atom stereocenters. The van der Waals surface area contributed by atoms with Gasteiger partial charge in [-0.05, 0) is 27.7 Å². The van der Waals surface area contributed by atoms with Gasteiger partial charge in [0, 0.05) is 6.42 Å². The summed E-state index contributed by atoms with van der Waals surface area (Å²) in [5, 5.41) is 4.17. The molecule has 0 aromatic carbocycles. The van der Waals surface area contributed by atoms with Gasteiger partial charge in [0.05, 0.1) is 6.04 Å². The smallest absolute Gasteiger partial charge is 0.442 e. The predicted octanol–water partition coefficient (Wildman–Crippen LogP) is 2.20. The number of nitrogens with zero attached hydrogens (tertiary/aromatic N) is 2. The topological polar surface area (TPSA) is 85.3 Å². The third-order valence-electron chi connectivity index (χ3n) is 2.18. The molecule has 0 saturated carbocycles. The quantitative estimate of drug-likeness (QED) is 0.543. The molecule has 1 amide bonds. The fraction of sp³-hybridized carbons (Fsp3) is 0.800. The maximum absolute atomic E-state index is 12.2. The number of carbonyl (C=O) groups is 1. The zero-order chi connectivity index (χ0) is 16.6. The average Bonchev–Trinajstić information content (AvgIpc) is 2.54. The summed E-state index contributed by atoms with van der Waals surface area (Å²) in [5.74, 6) is -0.717. The Morgan fingerprint density at radius 3 is 2.29 bits per heavy atom. The Labute approximate surface area is 119 Å². The number of carbonyl (C=O) groups excluding carboxylic acids is 1. The summed E-state index contributed by atoms with van der Waals surface area (Å²) in [6.07, 6.45) is -1.17. The van der Waals surface area contributed by atoms with Crippen molar-refractivity contribution in [3.63, 3.8) is 0 Å². The van der Waals surface area contributed by atoms with Crippen LogP contribution in [0.5, 0.6) is 0 Å². The van der Waals surface area contributed by atoms with Gasteiger partial charge in [-0.3, -0.25) is 0 Å². The van der Waals surface area contributed by atoms with E-state index in [0.717, 1.165) is 5.01 Å². The molecule has 1 heterocycles. The van der Waals surface area contributed by atoms with Gasteiger partial charge in [-0.2, -0.15) is 26.6 Å². The van der Waals surface area contributed by atoms with Gasteiger partial charge in [-0.25, -0.2) is 4.79 Å². The Morgan fingerprint density at radius 2 is 1.86 bits per heavy atom. The van der Waals surface area contributed by atoms with Crippen molar-refractivity contribution in [2.24, 2.45) is 5.10 Å². The zero-order valence-electron chi connectivity index (χ0n) is 11.8. The number of amides is 1. The van der Waals surface area contributed by atoms with Crippen molar-refractivity contribution in [1.29, 1.82) is 0 Å². The van der Waals surface area contributed by atoms with Crippen LogP contribution in [0.1, 0.15) is 34.1 Å². The van der Waals surface area contributed by atoms with Crippen molar-refractivity contribution in [3.8, 4) is 0 Å². The molecule has 1 aliphatic rings. The van der Waals surface area contributed by atoms with E-state index in [9.17, 15) is 26.4 Å². The van der Waals surface area contributed by atoms with Crippen molar-refractivity contribution in [1.82, 2.24) is 5.01 Å². The van der Waals surface area contributed by atoms with E-state index in [0.29, 0.717) is 0 Å². The summed E-state index contributed by atoms with van der Waals surface area (Å²) in [5.41, 5.74) is -6.38. The van der Waals surface area contributed by atoms with E-state index in [-0.39, 0.29) is 6.42 Å². The lowest BCUT2D eigenvalue weighted by Gasteiger charge is -2.24. The zero-order valence-corrected chi connectivity index (χ0v) is 12.6. The van der Waals surface area contributed by atoms with Gasteiger partial charge in [0.2, 0.25) is 5.90 Å². The molecule has 0 radical (unpaired) electrons. The van der Waals surface area contributed by atoms with Gasteiger partial charge in [0.15, 0.2) is 0 Å². The number of hydrazone groups is 1. The molecular formula is C10H15F3N2O5S. The highest BCUT2D eigenvalue weighted by Crippen LogP contribution is 2.27. The lowest BCUT2D eigenvalue weighted by molar-refractivity contribution is -0.0505. The average molecular weight is 332 g/mol. The van der Waals surface area contributed by atoms with Crippen molar-refractivity contribution < 1.29 is 35.3 Å². The molecule has 0 aromatic heterocycles. The lowest BCUT2D eigenvalue weighted by atomic mass is 10.2. The van der Waals surface area contributed by atoms with E-state index >= 15 is 0 Å². The highest BCUT2D eigenvalue weighted by atomic mass is 32.2. The number of rotatable bonds is 1. The Balaban J connectivity index is 2.86. The molecule has 0 aromatic rings. The maximum Gasteiger partial charge on any atom is 0.534 e. The molecule has 122 valence electrons. The number of hydrogen-bond donors (Lipinski definition) is 0. The van der Waals surface area contributed by atoms with Crippen LogP contribution >= 0.6 is 0 Å². The first kappa shape index (κ1) is 17.5. The number of ether oxygens (including phenoxy) is 1. The predicted molar refractivity (Wildman–Crippen MR) is 65.6 cm³/mol. The summed E-state index contributed by atoms with van der Waals surface area (Å²) in [4.78, 5) is 11.7. The molecule has 0 saturated heterocycles. The molecular weight excluding hydrogens is 317 g/mol. The van der Waals surface area contributed by atoms with Gasteiger partial charge in [-0.15, -0.1) is 5.10 Å². The summed E-state index contributed by atoms with van der Waals surface area (Å²) in [7, 11) is -5.80. The first-order valence-electron chi connectivity index (χ1n) is 5.83. The molecule has 0 spiro atoms. The first-order chi connectivity index (χ1) is 9.23. The van der Waals surface area contributed by atoms with E-state index in [2.05, 4.69) is 9.28 Å². The first-order valence-corrected chi connectivity index (χ1v) is 7.24. The van der Waals surface area contributed by atoms with Gasteiger partial charge < -0.3 is 8.92 Å². The SMILES string of the molecule is CC1CC(OS(=O)(=O)C(F)(F)F)=NN1C(=O)OC(C)(C)C. The normalized spacial score (nSPS) is 20.2. The number of halogens is 3. The van der Waals surface area contributed by atoms with E-state index in [1.807, 2.05) is 0 Å². The van der Waals surface area contributed by atoms with Crippen LogP contribution in [0.25, 0.3) is 0 Å². The summed E-state index contributed by atoms with van der Waals surface area (Å²) < 4.78 is 67.2. The second-order valence-electron chi connectivity index (χ2n) is 5.35. The van der Waals surface area contributed by atoms with Crippen LogP contribution in [0.3, 0.4) is 0 Å². The summed E-state index contributed by atoms with van der Waals surface area (Å²) in [6, 6.07) is -0.682. The van der Waals surface area contributed by atoms with Crippen molar-refractivity contribution in [3.05, 3.63) is 0 Å². The molecule has 0 N–H and O–H groups in total. The van der Waals surface area contributed by atoms with Crippen LogP contribution in [0.4, 0.5) is 18.0 Å². The van der Waals surface area contributed by atoms with Crippen LogP contribution in [-0.4, -0.2) is 42.6 Å². The highest BCUT2D eigenvalue weighted by Gasteiger charge is 2.50. The minimum atomic E-state index is -5.80. The fourth-order valence-electron chi connectivity index (χ4n) is 1.35. The number of alkyl halides is 3. The van der Waals surface area contributed by atoms with E-state index in [1.165, 1.54) is 6.92 Å². The van der Waals surface area contributed by atoms with E-state index in [1.54, 1.807) is 20.8 Å². The Bertz CT molecular complexity index is 550. The molecule has 7 nitrogen and oxygen atoms in total. The van der Waals surface area contributed by atoms with Gasteiger partial charge >= 0.3 is 21.7 Å². The van der Waals surface area contributed by atoms with E-state index < -0.39 is 39.3 Å². The second-order valence-corrected chi connectivity index (χ2v) is 6.89. The minimum absolute atomic E-state index is 0.269. The number of hydrogen-bond acceptors (Lipinski definition) is 6. The van der Waals surface area contributed by atoms with Gasteiger partial charge in [0.1, 0.15) is 5.60 Å². The van der Waals surface area contributed by atoms with Crippen molar-refractivity contribution in [2.75, 3.05) is 0 Å². The Kier molecular flexibility index (Phi) is 4.47. The van der Waals surface area contributed by atoms with Crippen molar-refractivity contribution in [2.45, 2.75) is 51.3 Å². The largest absolute Gasteiger partial charge is 0.534 e. The van der Waals surface area contributed by atoms with Crippen LogP contribution in [-0.2, 0) is 19.0 Å². The highest BCUT2D eigenvalue weighted by molar-refractivity contribution is 7.88.